The lowest BCUT2D eigenvalue weighted by molar-refractivity contribution is -0.134. The molecule has 0 bridgehead atoms. The van der Waals surface area contributed by atoms with Crippen molar-refractivity contribution in [3.8, 4) is 0 Å². The fourth-order valence-corrected chi connectivity index (χ4v) is 3.06. The van der Waals surface area contributed by atoms with Gasteiger partial charge in [-0.15, -0.1) is 0 Å². The molecule has 0 rings (SSSR count). The summed E-state index contributed by atoms with van der Waals surface area (Å²) < 4.78 is 5.82. The van der Waals surface area contributed by atoms with E-state index in [2.05, 4.69) is 6.58 Å². The van der Waals surface area contributed by atoms with E-state index in [1.54, 1.807) is 20.8 Å². The maximum absolute atomic E-state index is 12.0. The van der Waals surface area contributed by atoms with Gasteiger partial charge in [0.15, 0.2) is 14.1 Å². The number of ketones is 1. The molecule has 1 unspecified atom stereocenters. The van der Waals surface area contributed by atoms with Crippen LogP contribution in [0.4, 0.5) is 0 Å². The zero-order valence-electron chi connectivity index (χ0n) is 11.3. The SMILES string of the molecule is C=C(C)C(O)CC(=O)C(C)(C)O[Si](C)(C)C. The van der Waals surface area contributed by atoms with Crippen molar-refractivity contribution >= 4 is 14.1 Å². The van der Waals surface area contributed by atoms with Gasteiger partial charge >= 0.3 is 0 Å². The maximum Gasteiger partial charge on any atom is 0.185 e. The van der Waals surface area contributed by atoms with Crippen molar-refractivity contribution in [2.24, 2.45) is 0 Å². The molecule has 0 spiro atoms. The smallest absolute Gasteiger partial charge is 0.185 e. The quantitative estimate of drug-likeness (QED) is 0.577. The average molecular weight is 244 g/mol. The number of aliphatic hydroxyl groups excluding tert-OH is 1. The summed E-state index contributed by atoms with van der Waals surface area (Å²) in [4.78, 5) is 12.0. The fourth-order valence-electron chi connectivity index (χ4n) is 1.42. The van der Waals surface area contributed by atoms with Gasteiger partial charge in [-0.25, -0.2) is 0 Å². The van der Waals surface area contributed by atoms with Gasteiger partial charge in [-0.3, -0.25) is 4.79 Å². The summed E-state index contributed by atoms with van der Waals surface area (Å²) in [5.74, 6) is -0.0783. The summed E-state index contributed by atoms with van der Waals surface area (Å²) in [6, 6.07) is 0. The number of carbonyl (C=O) groups excluding carboxylic acids is 1. The minimum absolute atomic E-state index is 0.0762. The van der Waals surface area contributed by atoms with Gasteiger partial charge in [0.25, 0.3) is 0 Å². The third-order valence-corrected chi connectivity index (χ3v) is 3.30. The van der Waals surface area contributed by atoms with Crippen LogP contribution in [0.15, 0.2) is 12.2 Å². The van der Waals surface area contributed by atoms with Crippen molar-refractivity contribution in [2.75, 3.05) is 0 Å². The fraction of sp³-hybridized carbons (Fsp3) is 0.750. The predicted octanol–water partition coefficient (Wildman–Crippen LogP) is 2.51. The molecule has 1 N–H and O–H groups in total. The Bertz CT molecular complexity index is 276. The number of carbonyl (C=O) groups is 1. The minimum atomic E-state index is -1.76. The summed E-state index contributed by atoms with van der Waals surface area (Å²) in [5, 5.41) is 9.59. The zero-order valence-corrected chi connectivity index (χ0v) is 12.3. The number of hydrogen-bond donors (Lipinski definition) is 1. The molecule has 0 saturated heterocycles. The third-order valence-electron chi connectivity index (χ3n) is 2.18. The molecular formula is C12H24O3Si. The van der Waals surface area contributed by atoms with E-state index in [4.69, 9.17) is 4.43 Å². The second-order valence-electron chi connectivity index (χ2n) is 5.71. The predicted molar refractivity (Wildman–Crippen MR) is 69.0 cm³/mol. The lowest BCUT2D eigenvalue weighted by Crippen LogP contribution is -2.45. The van der Waals surface area contributed by atoms with Crippen LogP contribution in [0.2, 0.25) is 19.6 Å². The van der Waals surface area contributed by atoms with Crippen LogP contribution in [0.1, 0.15) is 27.2 Å². The summed E-state index contributed by atoms with van der Waals surface area (Å²) in [5.41, 5.74) is -0.210. The first-order valence-corrected chi connectivity index (χ1v) is 8.93. The highest BCUT2D eigenvalue weighted by Crippen LogP contribution is 2.21. The molecule has 0 radical (unpaired) electrons. The van der Waals surface area contributed by atoms with E-state index in [1.165, 1.54) is 0 Å². The zero-order chi connectivity index (χ0) is 13.1. The van der Waals surface area contributed by atoms with Crippen LogP contribution in [0.3, 0.4) is 0 Å². The average Bonchev–Trinajstić information content (AvgIpc) is 1.98. The van der Waals surface area contributed by atoms with E-state index >= 15 is 0 Å². The lowest BCUT2D eigenvalue weighted by Gasteiger charge is -2.32. The molecule has 0 aliphatic heterocycles. The van der Waals surface area contributed by atoms with Crippen LogP contribution in [-0.2, 0) is 9.22 Å². The Morgan fingerprint density at radius 2 is 1.88 bits per heavy atom. The van der Waals surface area contributed by atoms with Crippen molar-refractivity contribution in [1.29, 1.82) is 0 Å². The number of aliphatic hydroxyl groups is 1. The molecule has 4 heteroatoms. The van der Waals surface area contributed by atoms with E-state index < -0.39 is 20.0 Å². The monoisotopic (exact) mass is 244 g/mol. The van der Waals surface area contributed by atoms with Crippen LogP contribution >= 0.6 is 0 Å². The van der Waals surface area contributed by atoms with Crippen LogP contribution in [-0.4, -0.2) is 30.9 Å². The highest BCUT2D eigenvalue weighted by molar-refractivity contribution is 6.70. The first-order valence-electron chi connectivity index (χ1n) is 5.52. The molecule has 16 heavy (non-hydrogen) atoms. The van der Waals surface area contributed by atoms with Crippen LogP contribution in [0, 0.1) is 0 Å². The van der Waals surface area contributed by atoms with Crippen molar-refractivity contribution in [3.63, 3.8) is 0 Å². The second kappa shape index (κ2) is 5.25. The topological polar surface area (TPSA) is 46.5 Å². The van der Waals surface area contributed by atoms with E-state index in [0.717, 1.165) is 0 Å². The molecule has 1 atom stereocenters. The van der Waals surface area contributed by atoms with Gasteiger partial charge in [0.05, 0.1) is 6.10 Å². The normalized spacial score (nSPS) is 14.7. The van der Waals surface area contributed by atoms with E-state index in [9.17, 15) is 9.90 Å². The Morgan fingerprint density at radius 3 is 2.19 bits per heavy atom. The Kier molecular flexibility index (Phi) is 5.10. The first kappa shape index (κ1) is 15.5. The maximum atomic E-state index is 12.0. The number of hydrogen-bond acceptors (Lipinski definition) is 3. The molecule has 0 aromatic heterocycles. The van der Waals surface area contributed by atoms with Crippen molar-refractivity contribution in [1.82, 2.24) is 0 Å². The molecule has 0 amide bonds. The Balaban J connectivity index is 4.53. The molecular weight excluding hydrogens is 220 g/mol. The van der Waals surface area contributed by atoms with Crippen LogP contribution < -0.4 is 0 Å². The lowest BCUT2D eigenvalue weighted by atomic mass is 9.96. The molecule has 0 aromatic carbocycles. The first-order chi connectivity index (χ1) is 6.96. The molecule has 94 valence electrons. The molecule has 0 aliphatic carbocycles. The summed E-state index contributed by atoms with van der Waals surface area (Å²) in [6.45, 7) is 15.0. The number of rotatable bonds is 6. The van der Waals surface area contributed by atoms with E-state index in [0.29, 0.717) is 5.57 Å². The molecule has 0 aliphatic rings. The van der Waals surface area contributed by atoms with Gasteiger partial charge in [0.2, 0.25) is 0 Å². The minimum Gasteiger partial charge on any atom is -0.406 e. The van der Waals surface area contributed by atoms with Crippen LogP contribution in [0.25, 0.3) is 0 Å². The Morgan fingerprint density at radius 1 is 1.44 bits per heavy atom. The molecule has 0 saturated carbocycles. The van der Waals surface area contributed by atoms with Gasteiger partial charge in [-0.2, -0.15) is 0 Å². The molecule has 0 heterocycles. The van der Waals surface area contributed by atoms with Crippen LogP contribution in [0.5, 0.6) is 0 Å². The third kappa shape index (κ3) is 5.58. The summed E-state index contributed by atoms with van der Waals surface area (Å²) in [7, 11) is -1.76. The second-order valence-corrected chi connectivity index (χ2v) is 10.1. The highest BCUT2D eigenvalue weighted by atomic mass is 28.4. The van der Waals surface area contributed by atoms with Gasteiger partial charge in [-0.1, -0.05) is 12.2 Å². The number of Topliss-reactive ketones (excluding diaryl/α,β-unsaturated/α-hetero) is 1. The van der Waals surface area contributed by atoms with Gasteiger partial charge in [0, 0.05) is 6.42 Å². The highest BCUT2D eigenvalue weighted by Gasteiger charge is 2.34. The molecule has 0 aromatic rings. The van der Waals surface area contributed by atoms with Gasteiger partial charge in [-0.05, 0) is 40.4 Å². The van der Waals surface area contributed by atoms with Crippen molar-refractivity contribution < 1.29 is 14.3 Å². The van der Waals surface area contributed by atoms with Crippen molar-refractivity contribution in [2.45, 2.75) is 58.5 Å². The largest absolute Gasteiger partial charge is 0.406 e. The van der Waals surface area contributed by atoms with Gasteiger partial charge in [0.1, 0.15) is 5.60 Å². The summed E-state index contributed by atoms with van der Waals surface area (Å²) in [6.07, 6.45) is -0.690. The molecule has 0 fully saturated rings. The van der Waals surface area contributed by atoms with E-state index in [1.807, 2.05) is 19.6 Å². The van der Waals surface area contributed by atoms with E-state index in [-0.39, 0.29) is 12.2 Å². The van der Waals surface area contributed by atoms with Gasteiger partial charge < -0.3 is 9.53 Å². The standard InChI is InChI=1S/C12H24O3Si/c1-9(2)10(13)8-11(14)12(3,4)15-16(5,6)7/h10,13H,1,8H2,2-7H3. The Hall–Kier alpha value is -0.453. The Labute approximate surface area is 99.6 Å². The van der Waals surface area contributed by atoms with Crippen molar-refractivity contribution in [3.05, 3.63) is 12.2 Å². The molecule has 3 nitrogen and oxygen atoms in total. The summed E-state index contributed by atoms with van der Waals surface area (Å²) >= 11 is 0.